The van der Waals surface area contributed by atoms with Crippen molar-refractivity contribution < 1.29 is 14.6 Å². The molecule has 0 aromatic rings. The summed E-state index contributed by atoms with van der Waals surface area (Å²) in [7, 11) is 0. The number of carboxylic acid groups (broad SMARTS) is 1. The van der Waals surface area contributed by atoms with Crippen LogP contribution in [0.1, 0.15) is 71.1 Å². The van der Waals surface area contributed by atoms with E-state index in [1.54, 1.807) is 0 Å². The van der Waals surface area contributed by atoms with Gasteiger partial charge in [0.25, 0.3) is 0 Å². The molecule has 3 aliphatic heterocycles. The summed E-state index contributed by atoms with van der Waals surface area (Å²) in [5.41, 5.74) is 3.87. The van der Waals surface area contributed by atoms with Crippen LogP contribution in [0, 0.1) is 11.8 Å². The van der Waals surface area contributed by atoms with Gasteiger partial charge in [-0.1, -0.05) is 26.2 Å². The van der Waals surface area contributed by atoms with Crippen LogP contribution in [0.4, 0.5) is 0 Å². The number of carboxylic acids is 1. The fraction of sp³-hybridized carbons (Fsp3) is 0.963. The lowest BCUT2D eigenvalue weighted by Gasteiger charge is -2.52. The quantitative estimate of drug-likeness (QED) is 0.500. The van der Waals surface area contributed by atoms with Gasteiger partial charge in [0, 0.05) is 44.3 Å². The Bertz CT molecular complexity index is 690. The zero-order valence-corrected chi connectivity index (χ0v) is 21.9. The smallest absolute Gasteiger partial charge is 0.329 e. The monoisotopic (exact) mass is 491 g/mol. The maximum Gasteiger partial charge on any atom is 0.329 e. The van der Waals surface area contributed by atoms with Gasteiger partial charge in [-0.25, -0.2) is 9.80 Å². The third-order valence-corrected chi connectivity index (χ3v) is 9.58. The normalized spacial score (nSPS) is 38.8. The minimum Gasteiger partial charge on any atom is -0.480 e. The first-order valence-corrected chi connectivity index (χ1v) is 14.6. The molecule has 200 valence electrons. The van der Waals surface area contributed by atoms with Gasteiger partial charge in [0.05, 0.1) is 12.1 Å². The van der Waals surface area contributed by atoms with E-state index in [0.29, 0.717) is 23.9 Å². The molecule has 3 N–H and O–H groups in total. The highest BCUT2D eigenvalue weighted by Gasteiger charge is 2.47. The van der Waals surface area contributed by atoms with Crippen LogP contribution in [0.5, 0.6) is 0 Å². The number of rotatable bonds is 7. The molecule has 2 saturated carbocycles. The third-order valence-electron chi connectivity index (χ3n) is 9.58. The molecule has 3 heterocycles. The van der Waals surface area contributed by atoms with Gasteiger partial charge in [0.2, 0.25) is 0 Å². The van der Waals surface area contributed by atoms with Crippen LogP contribution in [0.25, 0.3) is 0 Å². The first-order chi connectivity index (χ1) is 17.1. The summed E-state index contributed by atoms with van der Waals surface area (Å²) < 4.78 is 6.11. The van der Waals surface area contributed by atoms with Gasteiger partial charge in [-0.15, -0.1) is 0 Å². The van der Waals surface area contributed by atoms with E-state index < -0.39 is 5.97 Å². The molecular formula is C27H49N5O3. The molecule has 8 heteroatoms. The van der Waals surface area contributed by atoms with Crippen molar-refractivity contribution in [3.8, 4) is 0 Å². The first kappa shape index (κ1) is 25.9. The molecule has 0 bridgehead atoms. The highest BCUT2D eigenvalue weighted by molar-refractivity contribution is 5.68. The third kappa shape index (κ3) is 6.39. The van der Waals surface area contributed by atoms with E-state index in [1.165, 1.54) is 64.3 Å². The molecule has 0 radical (unpaired) electrons. The number of hydrogen-bond donors (Lipinski definition) is 3. The topological polar surface area (TPSA) is 80.3 Å². The summed E-state index contributed by atoms with van der Waals surface area (Å²) in [5, 5.41) is 15.7. The summed E-state index contributed by atoms with van der Waals surface area (Å²) in [5.74, 6) is 0.220. The summed E-state index contributed by atoms with van der Waals surface area (Å²) in [6.45, 7) is 9.88. The Morgan fingerprint density at radius 1 is 0.971 bits per heavy atom. The Labute approximate surface area is 212 Å². The zero-order valence-electron chi connectivity index (χ0n) is 21.9. The number of nitrogens with zero attached hydrogens (tertiary/aromatic N) is 3. The van der Waals surface area contributed by atoms with Crippen LogP contribution in [0.3, 0.4) is 0 Å². The van der Waals surface area contributed by atoms with E-state index in [2.05, 4.69) is 32.5 Å². The van der Waals surface area contributed by atoms with E-state index in [1.807, 2.05) is 0 Å². The Morgan fingerprint density at radius 3 is 2.66 bits per heavy atom. The maximum atomic E-state index is 11.3. The average molecular weight is 492 g/mol. The van der Waals surface area contributed by atoms with Gasteiger partial charge in [-0.3, -0.25) is 10.3 Å². The molecule has 8 nitrogen and oxygen atoms in total. The van der Waals surface area contributed by atoms with E-state index in [0.717, 1.165) is 51.7 Å². The standard InChI is InChI=1S/C27H49N5O3/c1-20-17-21-7-5-11-28-25(21)26(27(20)35-19-24(33)34)31-13-6-12-30(15-16-31)18-22-10-14-32(29-22)23-8-3-2-4-9-23/h20-23,25-29H,2-19H2,1H3,(H,33,34). The predicted octanol–water partition coefficient (Wildman–Crippen LogP) is 2.15. The van der Waals surface area contributed by atoms with Crippen molar-refractivity contribution >= 4 is 5.97 Å². The molecule has 5 fully saturated rings. The van der Waals surface area contributed by atoms with E-state index >= 15 is 0 Å². The van der Waals surface area contributed by atoms with Crippen LogP contribution in [0.15, 0.2) is 0 Å². The van der Waals surface area contributed by atoms with Crippen molar-refractivity contribution in [2.45, 2.75) is 101 Å². The number of ether oxygens (including phenoxy) is 1. The van der Waals surface area contributed by atoms with Gasteiger partial charge < -0.3 is 20.1 Å². The molecule has 0 amide bonds. The van der Waals surface area contributed by atoms with E-state index in [4.69, 9.17) is 4.74 Å². The molecule has 5 rings (SSSR count). The lowest BCUT2D eigenvalue weighted by molar-refractivity contribution is -0.152. The summed E-state index contributed by atoms with van der Waals surface area (Å²) in [6, 6.07) is 2.02. The predicted molar refractivity (Wildman–Crippen MR) is 137 cm³/mol. The van der Waals surface area contributed by atoms with Gasteiger partial charge in [0.1, 0.15) is 6.61 Å². The van der Waals surface area contributed by atoms with Crippen molar-refractivity contribution in [3.63, 3.8) is 0 Å². The zero-order chi connectivity index (χ0) is 24.2. The molecule has 2 aliphatic carbocycles. The number of fused-ring (bicyclic) bond motifs is 1. The lowest BCUT2D eigenvalue weighted by atomic mass is 9.70. The Balaban J connectivity index is 1.18. The van der Waals surface area contributed by atoms with Crippen LogP contribution in [-0.2, 0) is 9.53 Å². The fourth-order valence-corrected chi connectivity index (χ4v) is 7.92. The summed E-state index contributed by atoms with van der Waals surface area (Å²) >= 11 is 0. The van der Waals surface area contributed by atoms with Gasteiger partial charge in [-0.05, 0) is 76.4 Å². The second-order valence-corrected chi connectivity index (χ2v) is 12.0. The second kappa shape index (κ2) is 12.2. The van der Waals surface area contributed by atoms with Crippen LogP contribution >= 0.6 is 0 Å². The minimum atomic E-state index is -0.858. The Morgan fingerprint density at radius 2 is 1.83 bits per heavy atom. The first-order valence-electron chi connectivity index (χ1n) is 14.6. The lowest BCUT2D eigenvalue weighted by Crippen LogP contribution is -2.65. The molecule has 0 spiro atoms. The van der Waals surface area contributed by atoms with Crippen molar-refractivity contribution in [2.75, 3.05) is 52.4 Å². The minimum absolute atomic E-state index is 0.00921. The summed E-state index contributed by atoms with van der Waals surface area (Å²) in [6.07, 6.45) is 13.0. The average Bonchev–Trinajstić information content (AvgIpc) is 3.21. The number of hydrazine groups is 1. The van der Waals surface area contributed by atoms with Crippen molar-refractivity contribution in [1.29, 1.82) is 0 Å². The highest BCUT2D eigenvalue weighted by Crippen LogP contribution is 2.38. The molecule has 0 aromatic carbocycles. The van der Waals surface area contributed by atoms with E-state index in [9.17, 15) is 9.90 Å². The van der Waals surface area contributed by atoms with Crippen LogP contribution in [-0.4, -0.2) is 109 Å². The van der Waals surface area contributed by atoms with E-state index in [-0.39, 0.29) is 18.8 Å². The fourth-order valence-electron chi connectivity index (χ4n) is 7.92. The molecule has 6 unspecified atom stereocenters. The Kier molecular flexibility index (Phi) is 9.00. The molecule has 6 atom stereocenters. The summed E-state index contributed by atoms with van der Waals surface area (Å²) in [4.78, 5) is 16.7. The molecule has 3 saturated heterocycles. The SMILES string of the molecule is CC1CC2CCCNC2C(N2CCCN(CC3CCN(C4CCCCC4)N3)CC2)C1OCC(=O)O. The second-order valence-electron chi connectivity index (χ2n) is 12.0. The number of piperidine rings is 1. The maximum absolute atomic E-state index is 11.3. The number of nitrogens with one attached hydrogen (secondary N) is 2. The molecule has 5 aliphatic rings. The Hall–Kier alpha value is -0.770. The van der Waals surface area contributed by atoms with Crippen molar-refractivity contribution in [3.05, 3.63) is 0 Å². The van der Waals surface area contributed by atoms with Gasteiger partial charge in [-0.2, -0.15) is 0 Å². The molecule has 35 heavy (non-hydrogen) atoms. The largest absolute Gasteiger partial charge is 0.480 e. The highest BCUT2D eigenvalue weighted by atomic mass is 16.5. The van der Waals surface area contributed by atoms with Crippen molar-refractivity contribution in [2.24, 2.45) is 11.8 Å². The number of carbonyl (C=O) groups is 1. The van der Waals surface area contributed by atoms with Crippen LogP contribution < -0.4 is 10.7 Å². The van der Waals surface area contributed by atoms with Crippen LogP contribution in [0.2, 0.25) is 0 Å². The molecule has 0 aromatic heterocycles. The van der Waals surface area contributed by atoms with Crippen molar-refractivity contribution in [1.82, 2.24) is 25.6 Å². The number of hydrogen-bond acceptors (Lipinski definition) is 7. The molecular weight excluding hydrogens is 442 g/mol. The van der Waals surface area contributed by atoms with Gasteiger partial charge in [0.15, 0.2) is 0 Å². The van der Waals surface area contributed by atoms with Gasteiger partial charge >= 0.3 is 5.97 Å². The number of aliphatic carboxylic acids is 1.